The highest BCUT2D eigenvalue weighted by atomic mass is 32.1. The summed E-state index contributed by atoms with van der Waals surface area (Å²) in [6.45, 7) is 3.77. The highest BCUT2D eigenvalue weighted by Crippen LogP contribution is 2.22. The lowest BCUT2D eigenvalue weighted by molar-refractivity contribution is 0.0697. The Balaban J connectivity index is 2.67. The molecule has 1 rings (SSSR count). The first kappa shape index (κ1) is 10.6. The van der Waals surface area contributed by atoms with Gasteiger partial charge in [-0.25, -0.2) is 4.98 Å². The fraction of sp³-hybridized carbons (Fsp3) is 0.667. The van der Waals surface area contributed by atoms with Crippen molar-refractivity contribution in [1.29, 1.82) is 0 Å². The zero-order valence-corrected chi connectivity index (χ0v) is 8.77. The van der Waals surface area contributed by atoms with Gasteiger partial charge in [0, 0.05) is 17.2 Å². The fourth-order valence-corrected chi connectivity index (χ4v) is 1.70. The number of rotatable bonds is 4. The number of aliphatic hydroxyl groups excluding tert-OH is 2. The van der Waals surface area contributed by atoms with Gasteiger partial charge in [0.1, 0.15) is 0 Å². The lowest BCUT2D eigenvalue weighted by atomic mass is 9.88. The van der Waals surface area contributed by atoms with E-state index in [-0.39, 0.29) is 13.2 Å². The van der Waals surface area contributed by atoms with Crippen molar-refractivity contribution in [3.05, 3.63) is 16.1 Å². The van der Waals surface area contributed by atoms with Crippen LogP contribution >= 0.6 is 11.3 Å². The van der Waals surface area contributed by atoms with Crippen molar-refractivity contribution in [3.8, 4) is 0 Å². The van der Waals surface area contributed by atoms with Crippen LogP contribution in [0.2, 0.25) is 0 Å². The Hall–Kier alpha value is -0.450. The largest absolute Gasteiger partial charge is 0.396 e. The van der Waals surface area contributed by atoms with E-state index < -0.39 is 5.41 Å². The predicted octanol–water partition coefficient (Wildman–Crippen LogP) is 0.985. The van der Waals surface area contributed by atoms with Gasteiger partial charge >= 0.3 is 0 Å². The van der Waals surface area contributed by atoms with Gasteiger partial charge < -0.3 is 10.2 Å². The van der Waals surface area contributed by atoms with Crippen molar-refractivity contribution in [2.45, 2.75) is 20.3 Å². The van der Waals surface area contributed by atoms with E-state index in [1.807, 2.05) is 19.2 Å². The molecule has 0 saturated heterocycles. The van der Waals surface area contributed by atoms with Gasteiger partial charge in [-0.1, -0.05) is 6.92 Å². The minimum Gasteiger partial charge on any atom is -0.396 e. The molecule has 0 fully saturated rings. The minimum absolute atomic E-state index is 0.0138. The summed E-state index contributed by atoms with van der Waals surface area (Å²) in [5.74, 6) is 0. The van der Waals surface area contributed by atoms with E-state index >= 15 is 0 Å². The standard InChI is InChI=1S/C9H15NO2S/c1-7-10-8(4-13-7)3-9(2,5-11)6-12/h4,11-12H,3,5-6H2,1-2H3. The first-order chi connectivity index (χ1) is 6.09. The maximum atomic E-state index is 9.07. The first-order valence-electron chi connectivity index (χ1n) is 4.22. The topological polar surface area (TPSA) is 53.4 Å². The summed E-state index contributed by atoms with van der Waals surface area (Å²) < 4.78 is 0. The minimum atomic E-state index is -0.444. The number of thiazole rings is 1. The summed E-state index contributed by atoms with van der Waals surface area (Å²) in [5.41, 5.74) is 0.508. The molecule has 74 valence electrons. The molecular formula is C9H15NO2S. The summed E-state index contributed by atoms with van der Waals surface area (Å²) in [7, 11) is 0. The predicted molar refractivity (Wildman–Crippen MR) is 52.8 cm³/mol. The van der Waals surface area contributed by atoms with Crippen LogP contribution in [-0.2, 0) is 6.42 Å². The third kappa shape index (κ3) is 2.76. The number of aliphatic hydroxyl groups is 2. The third-order valence-corrected chi connectivity index (χ3v) is 2.86. The van der Waals surface area contributed by atoms with Crippen molar-refractivity contribution in [2.24, 2.45) is 5.41 Å². The molecule has 0 amide bonds. The molecule has 3 nitrogen and oxygen atoms in total. The molecule has 0 aliphatic heterocycles. The number of aromatic nitrogens is 1. The zero-order chi connectivity index (χ0) is 9.90. The van der Waals surface area contributed by atoms with Crippen molar-refractivity contribution in [3.63, 3.8) is 0 Å². The Morgan fingerprint density at radius 1 is 1.46 bits per heavy atom. The Bertz CT molecular complexity index is 268. The molecule has 0 aliphatic carbocycles. The average Bonchev–Trinajstić information content (AvgIpc) is 2.51. The quantitative estimate of drug-likeness (QED) is 0.763. The number of aryl methyl sites for hydroxylation is 1. The number of hydrogen-bond donors (Lipinski definition) is 2. The zero-order valence-electron chi connectivity index (χ0n) is 7.95. The van der Waals surface area contributed by atoms with Crippen LogP contribution in [0.3, 0.4) is 0 Å². The van der Waals surface area contributed by atoms with Crippen LogP contribution in [0.1, 0.15) is 17.6 Å². The smallest absolute Gasteiger partial charge is 0.0897 e. The molecule has 2 N–H and O–H groups in total. The van der Waals surface area contributed by atoms with Crippen LogP contribution in [0.15, 0.2) is 5.38 Å². The van der Waals surface area contributed by atoms with Crippen LogP contribution in [-0.4, -0.2) is 28.4 Å². The molecule has 13 heavy (non-hydrogen) atoms. The van der Waals surface area contributed by atoms with Crippen molar-refractivity contribution in [1.82, 2.24) is 4.98 Å². The lowest BCUT2D eigenvalue weighted by Gasteiger charge is -2.23. The van der Waals surface area contributed by atoms with Crippen molar-refractivity contribution >= 4 is 11.3 Å². The van der Waals surface area contributed by atoms with Crippen molar-refractivity contribution < 1.29 is 10.2 Å². The Kier molecular flexibility index (Phi) is 3.41. The summed E-state index contributed by atoms with van der Waals surface area (Å²) in [4.78, 5) is 4.29. The molecule has 0 radical (unpaired) electrons. The fourth-order valence-electron chi connectivity index (χ4n) is 1.09. The Morgan fingerprint density at radius 2 is 2.08 bits per heavy atom. The molecule has 1 heterocycles. The number of hydrogen-bond acceptors (Lipinski definition) is 4. The molecule has 1 aromatic heterocycles. The monoisotopic (exact) mass is 201 g/mol. The van der Waals surface area contributed by atoms with Gasteiger partial charge in [-0.15, -0.1) is 11.3 Å². The van der Waals surface area contributed by atoms with Gasteiger partial charge in [0.25, 0.3) is 0 Å². The molecule has 1 aromatic rings. The molecular weight excluding hydrogens is 186 g/mol. The highest BCUT2D eigenvalue weighted by Gasteiger charge is 2.23. The Labute approximate surface area is 82.1 Å². The summed E-state index contributed by atoms with van der Waals surface area (Å²) in [6.07, 6.45) is 0.629. The second-order valence-electron chi connectivity index (χ2n) is 3.66. The van der Waals surface area contributed by atoms with Gasteiger partial charge in [-0.3, -0.25) is 0 Å². The molecule has 0 bridgehead atoms. The van der Waals surface area contributed by atoms with Crippen LogP contribution in [0.4, 0.5) is 0 Å². The molecule has 0 atom stereocenters. The van der Waals surface area contributed by atoms with Crippen molar-refractivity contribution in [2.75, 3.05) is 13.2 Å². The molecule has 0 aromatic carbocycles. The van der Waals surface area contributed by atoms with E-state index in [2.05, 4.69) is 4.98 Å². The summed E-state index contributed by atoms with van der Waals surface area (Å²) >= 11 is 1.59. The van der Waals surface area contributed by atoms with E-state index in [0.717, 1.165) is 10.7 Å². The summed E-state index contributed by atoms with van der Waals surface area (Å²) in [6, 6.07) is 0. The van der Waals surface area contributed by atoms with Crippen LogP contribution in [0.25, 0.3) is 0 Å². The van der Waals surface area contributed by atoms with E-state index in [1.165, 1.54) is 0 Å². The third-order valence-electron chi connectivity index (χ3n) is 2.04. The first-order valence-corrected chi connectivity index (χ1v) is 5.10. The molecule has 4 heteroatoms. The van der Waals surface area contributed by atoms with E-state index in [9.17, 15) is 0 Å². The van der Waals surface area contributed by atoms with Gasteiger partial charge in [0.2, 0.25) is 0 Å². The Morgan fingerprint density at radius 3 is 2.46 bits per heavy atom. The van der Waals surface area contributed by atoms with Gasteiger partial charge in [0.05, 0.1) is 23.9 Å². The van der Waals surface area contributed by atoms with Crippen LogP contribution < -0.4 is 0 Å². The average molecular weight is 201 g/mol. The molecule has 0 unspecified atom stereocenters. The van der Waals surface area contributed by atoms with Crippen LogP contribution in [0, 0.1) is 12.3 Å². The van der Waals surface area contributed by atoms with Gasteiger partial charge in [-0.2, -0.15) is 0 Å². The maximum Gasteiger partial charge on any atom is 0.0897 e. The second-order valence-corrected chi connectivity index (χ2v) is 4.72. The highest BCUT2D eigenvalue weighted by molar-refractivity contribution is 7.09. The lowest BCUT2D eigenvalue weighted by Crippen LogP contribution is -2.28. The second kappa shape index (κ2) is 4.17. The van der Waals surface area contributed by atoms with E-state index in [1.54, 1.807) is 11.3 Å². The van der Waals surface area contributed by atoms with E-state index in [4.69, 9.17) is 10.2 Å². The molecule has 0 saturated carbocycles. The summed E-state index contributed by atoms with van der Waals surface area (Å²) in [5, 5.41) is 21.1. The molecule has 0 spiro atoms. The van der Waals surface area contributed by atoms with Crippen LogP contribution in [0.5, 0.6) is 0 Å². The normalized spacial score (nSPS) is 12.0. The van der Waals surface area contributed by atoms with Gasteiger partial charge in [-0.05, 0) is 6.92 Å². The van der Waals surface area contributed by atoms with E-state index in [0.29, 0.717) is 6.42 Å². The number of nitrogens with zero attached hydrogens (tertiary/aromatic N) is 1. The SMILES string of the molecule is Cc1nc(CC(C)(CO)CO)cs1. The maximum absolute atomic E-state index is 9.07. The molecule has 0 aliphatic rings. The van der Waals surface area contributed by atoms with Gasteiger partial charge in [0.15, 0.2) is 0 Å².